The third kappa shape index (κ3) is 3.81. The van der Waals surface area contributed by atoms with Crippen molar-refractivity contribution in [1.29, 1.82) is 0 Å². The second-order valence-corrected chi connectivity index (χ2v) is 5.05. The quantitative estimate of drug-likeness (QED) is 0.855. The van der Waals surface area contributed by atoms with Gasteiger partial charge in [0.15, 0.2) is 0 Å². The SMILES string of the molecule is O=C(O)C[C@@H](NC(=O)C1CCCC1)c1ccccc1. The van der Waals surface area contributed by atoms with Crippen LogP contribution in [0.4, 0.5) is 0 Å². The summed E-state index contributed by atoms with van der Waals surface area (Å²) in [6.07, 6.45) is 3.93. The number of carboxylic acid groups (broad SMARTS) is 1. The molecule has 1 aromatic rings. The van der Waals surface area contributed by atoms with E-state index in [0.29, 0.717) is 0 Å². The third-order valence-electron chi connectivity index (χ3n) is 3.62. The van der Waals surface area contributed by atoms with E-state index in [1.165, 1.54) is 0 Å². The fourth-order valence-corrected chi connectivity index (χ4v) is 2.59. The molecule has 0 spiro atoms. The lowest BCUT2D eigenvalue weighted by molar-refractivity contribution is -0.137. The Balaban J connectivity index is 2.05. The van der Waals surface area contributed by atoms with Crippen molar-refractivity contribution < 1.29 is 14.7 Å². The standard InChI is InChI=1S/C15H19NO3/c17-14(18)10-13(11-6-2-1-3-7-11)16-15(19)12-8-4-5-9-12/h1-3,6-7,12-13H,4-5,8-10H2,(H,16,19)(H,17,18)/t13-/m1/s1. The van der Waals surface area contributed by atoms with Crippen LogP contribution in [-0.4, -0.2) is 17.0 Å². The van der Waals surface area contributed by atoms with Crippen molar-refractivity contribution in [3.8, 4) is 0 Å². The van der Waals surface area contributed by atoms with Crippen LogP contribution in [0.2, 0.25) is 0 Å². The van der Waals surface area contributed by atoms with Gasteiger partial charge in [0.1, 0.15) is 0 Å². The van der Waals surface area contributed by atoms with E-state index >= 15 is 0 Å². The molecule has 0 saturated heterocycles. The van der Waals surface area contributed by atoms with Crippen molar-refractivity contribution in [2.45, 2.75) is 38.1 Å². The molecule has 1 aromatic carbocycles. The Morgan fingerprint density at radius 1 is 1.21 bits per heavy atom. The van der Waals surface area contributed by atoms with E-state index in [1.54, 1.807) is 0 Å². The van der Waals surface area contributed by atoms with E-state index in [2.05, 4.69) is 5.32 Å². The number of nitrogens with one attached hydrogen (secondary N) is 1. The molecule has 1 aliphatic rings. The van der Waals surface area contributed by atoms with Crippen LogP contribution in [0.3, 0.4) is 0 Å². The summed E-state index contributed by atoms with van der Waals surface area (Å²) in [5.74, 6) is -0.854. The average molecular weight is 261 g/mol. The molecule has 19 heavy (non-hydrogen) atoms. The summed E-state index contributed by atoms with van der Waals surface area (Å²) in [6.45, 7) is 0. The summed E-state index contributed by atoms with van der Waals surface area (Å²) in [7, 11) is 0. The van der Waals surface area contributed by atoms with E-state index in [-0.39, 0.29) is 18.2 Å². The molecular formula is C15H19NO3. The van der Waals surface area contributed by atoms with Gasteiger partial charge in [-0.2, -0.15) is 0 Å². The Hall–Kier alpha value is -1.84. The van der Waals surface area contributed by atoms with E-state index in [4.69, 9.17) is 5.11 Å². The molecule has 4 nitrogen and oxygen atoms in total. The highest BCUT2D eigenvalue weighted by molar-refractivity contribution is 5.80. The maximum absolute atomic E-state index is 12.1. The molecule has 0 heterocycles. The lowest BCUT2D eigenvalue weighted by atomic mass is 10.0. The van der Waals surface area contributed by atoms with Gasteiger partial charge >= 0.3 is 5.97 Å². The Bertz CT molecular complexity index is 438. The summed E-state index contributed by atoms with van der Waals surface area (Å²) < 4.78 is 0. The van der Waals surface area contributed by atoms with Crippen LogP contribution in [-0.2, 0) is 9.59 Å². The molecule has 1 amide bonds. The number of rotatable bonds is 5. The first-order valence-corrected chi connectivity index (χ1v) is 6.74. The second kappa shape index (κ2) is 6.36. The van der Waals surface area contributed by atoms with E-state index in [0.717, 1.165) is 31.2 Å². The first-order chi connectivity index (χ1) is 9.16. The van der Waals surface area contributed by atoms with Crippen LogP contribution in [0.5, 0.6) is 0 Å². The normalized spacial score (nSPS) is 17.1. The van der Waals surface area contributed by atoms with Gasteiger partial charge in [0.2, 0.25) is 5.91 Å². The molecule has 1 aliphatic carbocycles. The monoisotopic (exact) mass is 261 g/mol. The number of amides is 1. The number of carbonyl (C=O) groups excluding carboxylic acids is 1. The van der Waals surface area contributed by atoms with Crippen LogP contribution in [0.1, 0.15) is 43.7 Å². The van der Waals surface area contributed by atoms with Crippen LogP contribution in [0, 0.1) is 5.92 Å². The van der Waals surface area contributed by atoms with Gasteiger partial charge in [-0.1, -0.05) is 43.2 Å². The minimum atomic E-state index is -0.902. The van der Waals surface area contributed by atoms with Crippen molar-refractivity contribution in [1.82, 2.24) is 5.32 Å². The average Bonchev–Trinajstić information content (AvgIpc) is 2.92. The van der Waals surface area contributed by atoms with Crippen molar-refractivity contribution in [2.24, 2.45) is 5.92 Å². The van der Waals surface area contributed by atoms with E-state index < -0.39 is 12.0 Å². The van der Waals surface area contributed by atoms with Crippen LogP contribution < -0.4 is 5.32 Å². The molecule has 0 aromatic heterocycles. The number of aliphatic carboxylic acids is 1. The molecule has 4 heteroatoms. The summed E-state index contributed by atoms with van der Waals surface area (Å²) in [6, 6.07) is 8.84. The summed E-state index contributed by atoms with van der Waals surface area (Å²) in [4.78, 5) is 23.0. The van der Waals surface area contributed by atoms with Crippen LogP contribution in [0.15, 0.2) is 30.3 Å². The molecule has 1 fully saturated rings. The summed E-state index contributed by atoms with van der Waals surface area (Å²) >= 11 is 0. The van der Waals surface area contributed by atoms with Crippen molar-refractivity contribution >= 4 is 11.9 Å². The Morgan fingerprint density at radius 2 is 1.84 bits per heavy atom. The van der Waals surface area contributed by atoms with Gasteiger partial charge in [-0.15, -0.1) is 0 Å². The van der Waals surface area contributed by atoms with Gasteiger partial charge in [-0.3, -0.25) is 9.59 Å². The minimum Gasteiger partial charge on any atom is -0.481 e. The van der Waals surface area contributed by atoms with Crippen LogP contribution >= 0.6 is 0 Å². The number of hydrogen-bond donors (Lipinski definition) is 2. The Labute approximate surface area is 112 Å². The van der Waals surface area contributed by atoms with Gasteiger partial charge in [0, 0.05) is 5.92 Å². The summed E-state index contributed by atoms with van der Waals surface area (Å²) in [5, 5.41) is 11.9. The number of benzene rings is 1. The predicted octanol–water partition coefficient (Wildman–Crippen LogP) is 2.51. The highest BCUT2D eigenvalue weighted by atomic mass is 16.4. The van der Waals surface area contributed by atoms with Crippen molar-refractivity contribution in [3.63, 3.8) is 0 Å². The van der Waals surface area contributed by atoms with Gasteiger partial charge in [-0.25, -0.2) is 0 Å². The second-order valence-electron chi connectivity index (χ2n) is 5.05. The maximum Gasteiger partial charge on any atom is 0.305 e. The molecular weight excluding hydrogens is 242 g/mol. The fourth-order valence-electron chi connectivity index (χ4n) is 2.59. The van der Waals surface area contributed by atoms with Crippen LogP contribution in [0.25, 0.3) is 0 Å². The molecule has 102 valence electrons. The lowest BCUT2D eigenvalue weighted by Gasteiger charge is -2.19. The number of hydrogen-bond acceptors (Lipinski definition) is 2. The highest BCUT2D eigenvalue weighted by Crippen LogP contribution is 2.26. The minimum absolute atomic E-state index is 0.00685. The van der Waals surface area contributed by atoms with Gasteiger partial charge in [-0.05, 0) is 18.4 Å². The molecule has 1 saturated carbocycles. The molecule has 0 aliphatic heterocycles. The fraction of sp³-hybridized carbons (Fsp3) is 0.467. The van der Waals surface area contributed by atoms with Gasteiger partial charge in [0.05, 0.1) is 12.5 Å². The Kier molecular flexibility index (Phi) is 4.55. The Morgan fingerprint density at radius 3 is 2.42 bits per heavy atom. The largest absolute Gasteiger partial charge is 0.481 e. The van der Waals surface area contributed by atoms with Crippen molar-refractivity contribution in [3.05, 3.63) is 35.9 Å². The molecule has 2 N–H and O–H groups in total. The number of carboxylic acids is 1. The van der Waals surface area contributed by atoms with Crippen molar-refractivity contribution in [2.75, 3.05) is 0 Å². The molecule has 1 atom stereocenters. The van der Waals surface area contributed by atoms with E-state index in [9.17, 15) is 9.59 Å². The van der Waals surface area contributed by atoms with E-state index in [1.807, 2.05) is 30.3 Å². The predicted molar refractivity (Wildman–Crippen MR) is 71.5 cm³/mol. The zero-order valence-electron chi connectivity index (χ0n) is 10.8. The first-order valence-electron chi connectivity index (χ1n) is 6.74. The number of carbonyl (C=O) groups is 2. The molecule has 0 bridgehead atoms. The molecule has 2 rings (SSSR count). The maximum atomic E-state index is 12.1. The lowest BCUT2D eigenvalue weighted by Crippen LogP contribution is -2.34. The smallest absolute Gasteiger partial charge is 0.305 e. The zero-order valence-corrected chi connectivity index (χ0v) is 10.8. The highest BCUT2D eigenvalue weighted by Gasteiger charge is 2.26. The van der Waals surface area contributed by atoms with Gasteiger partial charge in [0.25, 0.3) is 0 Å². The summed E-state index contributed by atoms with van der Waals surface area (Å²) in [5.41, 5.74) is 0.844. The third-order valence-corrected chi connectivity index (χ3v) is 3.62. The topological polar surface area (TPSA) is 66.4 Å². The molecule has 0 radical (unpaired) electrons. The first kappa shape index (κ1) is 13.6. The molecule has 0 unspecified atom stereocenters. The van der Waals surface area contributed by atoms with Gasteiger partial charge < -0.3 is 10.4 Å². The zero-order chi connectivity index (χ0) is 13.7.